The van der Waals surface area contributed by atoms with Crippen LogP contribution >= 0.6 is 15.9 Å². The molecule has 98 valence electrons. The van der Waals surface area contributed by atoms with E-state index in [0.717, 1.165) is 12.1 Å². The fraction of sp³-hybridized carbons (Fsp3) is 0. The topological polar surface area (TPSA) is 17.1 Å². The molecule has 0 atom stereocenters. The van der Waals surface area contributed by atoms with E-state index in [1.165, 1.54) is 6.07 Å². The molecule has 0 aliphatic carbocycles. The van der Waals surface area contributed by atoms with Crippen LogP contribution in [0.25, 0.3) is 0 Å². The van der Waals surface area contributed by atoms with Gasteiger partial charge in [-0.1, -0.05) is 15.9 Å². The van der Waals surface area contributed by atoms with Gasteiger partial charge in [-0.05, 0) is 18.2 Å². The zero-order valence-corrected chi connectivity index (χ0v) is 10.8. The summed E-state index contributed by atoms with van der Waals surface area (Å²) in [5, 5.41) is 0. The Morgan fingerprint density at radius 3 is 2.00 bits per heavy atom. The van der Waals surface area contributed by atoms with E-state index in [0.29, 0.717) is 16.6 Å². The number of carbonyl (C=O) groups excluding carboxylic acids is 1. The second-order valence-electron chi connectivity index (χ2n) is 3.70. The number of ketones is 1. The maximum atomic E-state index is 13.6. The van der Waals surface area contributed by atoms with Gasteiger partial charge in [-0.25, -0.2) is 17.6 Å². The molecular formula is C13H5BrF4O. The van der Waals surface area contributed by atoms with Crippen molar-refractivity contribution < 1.29 is 22.4 Å². The van der Waals surface area contributed by atoms with Crippen molar-refractivity contribution in [2.45, 2.75) is 0 Å². The average molecular weight is 333 g/mol. The third kappa shape index (κ3) is 2.68. The maximum Gasteiger partial charge on any atom is 0.201 e. The summed E-state index contributed by atoms with van der Waals surface area (Å²) in [4.78, 5) is 11.9. The molecule has 0 fully saturated rings. The summed E-state index contributed by atoms with van der Waals surface area (Å²) < 4.78 is 53.5. The fourth-order valence-electron chi connectivity index (χ4n) is 1.57. The standard InChI is InChI=1S/C13H5BrF4O/c14-6-1-2-8(9(16)3-6)13(19)12-10(17)4-7(15)5-11(12)18/h1-5H. The second kappa shape index (κ2) is 5.13. The van der Waals surface area contributed by atoms with Gasteiger partial charge in [0.1, 0.15) is 23.3 Å². The Labute approximate surface area is 114 Å². The summed E-state index contributed by atoms with van der Waals surface area (Å²) in [6.07, 6.45) is 0. The van der Waals surface area contributed by atoms with Crippen molar-refractivity contribution in [1.29, 1.82) is 0 Å². The number of carbonyl (C=O) groups is 1. The molecule has 0 aromatic heterocycles. The van der Waals surface area contributed by atoms with Gasteiger partial charge in [0, 0.05) is 16.6 Å². The normalized spacial score (nSPS) is 10.6. The van der Waals surface area contributed by atoms with Gasteiger partial charge in [0.2, 0.25) is 5.78 Å². The van der Waals surface area contributed by atoms with E-state index < -0.39 is 40.2 Å². The van der Waals surface area contributed by atoms with Crippen LogP contribution in [0.4, 0.5) is 17.6 Å². The first-order valence-corrected chi connectivity index (χ1v) is 5.83. The van der Waals surface area contributed by atoms with Crippen LogP contribution in [-0.2, 0) is 0 Å². The SMILES string of the molecule is O=C(c1ccc(Br)cc1F)c1c(F)cc(F)cc1F. The van der Waals surface area contributed by atoms with Crippen LogP contribution in [0.3, 0.4) is 0 Å². The Morgan fingerprint density at radius 1 is 0.895 bits per heavy atom. The van der Waals surface area contributed by atoms with E-state index in [2.05, 4.69) is 15.9 Å². The molecule has 0 heterocycles. The van der Waals surface area contributed by atoms with Crippen molar-refractivity contribution >= 4 is 21.7 Å². The predicted octanol–water partition coefficient (Wildman–Crippen LogP) is 4.24. The zero-order chi connectivity index (χ0) is 14.2. The van der Waals surface area contributed by atoms with Crippen molar-refractivity contribution in [2.24, 2.45) is 0 Å². The lowest BCUT2D eigenvalue weighted by Crippen LogP contribution is -2.10. The first kappa shape index (κ1) is 13.7. The number of hydrogen-bond acceptors (Lipinski definition) is 1. The van der Waals surface area contributed by atoms with E-state index in [9.17, 15) is 22.4 Å². The third-order valence-electron chi connectivity index (χ3n) is 2.41. The van der Waals surface area contributed by atoms with Crippen LogP contribution in [0.15, 0.2) is 34.8 Å². The van der Waals surface area contributed by atoms with Gasteiger partial charge in [0.15, 0.2) is 0 Å². The van der Waals surface area contributed by atoms with E-state index in [-0.39, 0.29) is 0 Å². The summed E-state index contributed by atoms with van der Waals surface area (Å²) in [5.41, 5.74) is -1.48. The molecule has 0 saturated heterocycles. The molecule has 2 aromatic carbocycles. The van der Waals surface area contributed by atoms with Crippen molar-refractivity contribution in [2.75, 3.05) is 0 Å². The Morgan fingerprint density at radius 2 is 1.47 bits per heavy atom. The molecule has 0 radical (unpaired) electrons. The second-order valence-corrected chi connectivity index (χ2v) is 4.61. The van der Waals surface area contributed by atoms with E-state index in [1.807, 2.05) is 0 Å². The first-order chi connectivity index (χ1) is 8.90. The van der Waals surface area contributed by atoms with Gasteiger partial charge < -0.3 is 0 Å². The van der Waals surface area contributed by atoms with Crippen LogP contribution < -0.4 is 0 Å². The fourth-order valence-corrected chi connectivity index (χ4v) is 1.90. The van der Waals surface area contributed by atoms with Crippen molar-refractivity contribution in [3.63, 3.8) is 0 Å². The molecular weight excluding hydrogens is 328 g/mol. The minimum absolute atomic E-state index is 0.368. The van der Waals surface area contributed by atoms with E-state index >= 15 is 0 Å². The molecule has 0 unspecified atom stereocenters. The first-order valence-electron chi connectivity index (χ1n) is 5.04. The van der Waals surface area contributed by atoms with Gasteiger partial charge in [-0.2, -0.15) is 0 Å². The average Bonchev–Trinajstić information content (AvgIpc) is 2.26. The molecule has 19 heavy (non-hydrogen) atoms. The molecule has 0 aliphatic rings. The Bertz CT molecular complexity index is 647. The third-order valence-corrected chi connectivity index (χ3v) is 2.90. The molecule has 2 aromatic rings. The summed E-state index contributed by atoms with van der Waals surface area (Å²) in [6.45, 7) is 0. The number of halogens is 5. The zero-order valence-electron chi connectivity index (χ0n) is 9.18. The molecule has 0 aliphatic heterocycles. The summed E-state index contributed by atoms with van der Waals surface area (Å²) in [6, 6.07) is 4.17. The number of benzene rings is 2. The highest BCUT2D eigenvalue weighted by atomic mass is 79.9. The summed E-state index contributed by atoms with van der Waals surface area (Å²) in [5.74, 6) is -6.00. The molecule has 0 amide bonds. The van der Waals surface area contributed by atoms with Gasteiger partial charge in [-0.15, -0.1) is 0 Å². The Hall–Kier alpha value is -1.69. The maximum absolute atomic E-state index is 13.6. The highest BCUT2D eigenvalue weighted by Crippen LogP contribution is 2.22. The largest absolute Gasteiger partial charge is 0.288 e. The van der Waals surface area contributed by atoms with Gasteiger partial charge in [0.25, 0.3) is 0 Å². The van der Waals surface area contributed by atoms with Gasteiger partial charge >= 0.3 is 0 Å². The smallest absolute Gasteiger partial charge is 0.201 e. The van der Waals surface area contributed by atoms with E-state index in [4.69, 9.17) is 0 Å². The molecule has 1 nitrogen and oxygen atoms in total. The summed E-state index contributed by atoms with van der Waals surface area (Å²) in [7, 11) is 0. The predicted molar refractivity (Wildman–Crippen MR) is 63.8 cm³/mol. The van der Waals surface area contributed by atoms with Crippen LogP contribution in [0.5, 0.6) is 0 Å². The minimum atomic E-state index is -1.37. The molecule has 0 spiro atoms. The van der Waals surface area contributed by atoms with Crippen molar-refractivity contribution in [3.8, 4) is 0 Å². The monoisotopic (exact) mass is 332 g/mol. The van der Waals surface area contributed by atoms with Crippen molar-refractivity contribution in [3.05, 3.63) is 69.2 Å². The molecule has 0 saturated carbocycles. The minimum Gasteiger partial charge on any atom is -0.288 e. The highest BCUT2D eigenvalue weighted by molar-refractivity contribution is 9.10. The quantitative estimate of drug-likeness (QED) is 0.594. The van der Waals surface area contributed by atoms with Crippen LogP contribution in [-0.4, -0.2) is 5.78 Å². The lowest BCUT2D eigenvalue weighted by molar-refractivity contribution is 0.102. The van der Waals surface area contributed by atoms with Crippen molar-refractivity contribution in [1.82, 2.24) is 0 Å². The lowest BCUT2D eigenvalue weighted by atomic mass is 10.0. The van der Waals surface area contributed by atoms with E-state index in [1.54, 1.807) is 0 Å². The molecule has 0 N–H and O–H groups in total. The summed E-state index contributed by atoms with van der Waals surface area (Å²) >= 11 is 2.99. The Kier molecular flexibility index (Phi) is 3.71. The lowest BCUT2D eigenvalue weighted by Gasteiger charge is -2.06. The highest BCUT2D eigenvalue weighted by Gasteiger charge is 2.22. The molecule has 2 rings (SSSR count). The van der Waals surface area contributed by atoms with Crippen LogP contribution in [0.1, 0.15) is 15.9 Å². The number of hydrogen-bond donors (Lipinski definition) is 0. The van der Waals surface area contributed by atoms with Crippen LogP contribution in [0, 0.1) is 23.3 Å². The Balaban J connectivity index is 2.56. The van der Waals surface area contributed by atoms with Gasteiger partial charge in [-0.3, -0.25) is 4.79 Å². The molecule has 0 bridgehead atoms. The molecule has 6 heteroatoms. The van der Waals surface area contributed by atoms with Crippen LogP contribution in [0.2, 0.25) is 0 Å². The number of rotatable bonds is 2. The van der Waals surface area contributed by atoms with Gasteiger partial charge in [0.05, 0.1) is 11.1 Å².